The Morgan fingerprint density at radius 2 is 2.22 bits per heavy atom. The van der Waals surface area contributed by atoms with E-state index in [1.807, 2.05) is 20.0 Å². The predicted octanol–water partition coefficient (Wildman–Crippen LogP) is 2.03. The second-order valence-corrected chi connectivity index (χ2v) is 5.69. The van der Waals surface area contributed by atoms with Gasteiger partial charge in [-0.25, -0.2) is 4.39 Å². The molecule has 1 atom stereocenters. The van der Waals surface area contributed by atoms with Crippen LogP contribution >= 0.6 is 0 Å². The number of fused-ring (bicyclic) bond motifs is 1. The average Bonchev–Trinajstić information content (AvgIpc) is 2.94. The summed E-state index contributed by atoms with van der Waals surface area (Å²) < 4.78 is 13.4. The summed E-state index contributed by atoms with van der Waals surface area (Å²) in [4.78, 5) is 7.60. The molecule has 0 radical (unpaired) electrons. The molecule has 0 fully saturated rings. The fourth-order valence-corrected chi connectivity index (χ4v) is 2.32. The zero-order valence-corrected chi connectivity index (χ0v) is 13.7. The molecule has 1 unspecified atom stereocenters. The van der Waals surface area contributed by atoms with E-state index >= 15 is 0 Å². The fourth-order valence-electron chi connectivity index (χ4n) is 2.32. The first-order valence-electron chi connectivity index (χ1n) is 8.02. The highest BCUT2D eigenvalue weighted by atomic mass is 19.1. The third-order valence-corrected chi connectivity index (χ3v) is 3.63. The van der Waals surface area contributed by atoms with Crippen molar-refractivity contribution in [3.63, 3.8) is 0 Å². The lowest BCUT2D eigenvalue weighted by molar-refractivity contribution is 0.241. The molecular weight excluding hydrogens is 295 g/mol. The summed E-state index contributed by atoms with van der Waals surface area (Å²) >= 11 is 0. The van der Waals surface area contributed by atoms with Crippen molar-refractivity contribution in [3.05, 3.63) is 35.8 Å². The Balaban J connectivity index is 1.94. The van der Waals surface area contributed by atoms with Gasteiger partial charge in [0.05, 0.1) is 0 Å². The molecule has 23 heavy (non-hydrogen) atoms. The Hall–Kier alpha value is -2.08. The summed E-state index contributed by atoms with van der Waals surface area (Å²) in [6, 6.07) is 4.77. The van der Waals surface area contributed by atoms with Crippen LogP contribution in [-0.2, 0) is 6.42 Å². The lowest BCUT2D eigenvalue weighted by atomic mass is 10.1. The van der Waals surface area contributed by atoms with Gasteiger partial charge in [0.2, 0.25) is 0 Å². The van der Waals surface area contributed by atoms with Crippen LogP contribution in [0.5, 0.6) is 0 Å². The fraction of sp³-hybridized carbons (Fsp3) is 0.471. The van der Waals surface area contributed by atoms with Gasteiger partial charge >= 0.3 is 0 Å². The van der Waals surface area contributed by atoms with Gasteiger partial charge in [0.15, 0.2) is 5.96 Å². The molecule has 2 aromatic rings. The van der Waals surface area contributed by atoms with Crippen molar-refractivity contribution in [1.82, 2.24) is 15.6 Å². The van der Waals surface area contributed by atoms with Gasteiger partial charge in [-0.2, -0.15) is 0 Å². The number of benzene rings is 1. The van der Waals surface area contributed by atoms with Crippen molar-refractivity contribution in [2.75, 3.05) is 26.2 Å². The maximum atomic E-state index is 13.4. The third kappa shape index (κ3) is 4.96. The lowest BCUT2D eigenvalue weighted by Crippen LogP contribution is -2.38. The molecule has 0 saturated carbocycles. The number of hydrogen-bond acceptors (Lipinski definition) is 2. The lowest BCUT2D eigenvalue weighted by Gasteiger charge is -2.12. The molecule has 6 heteroatoms. The van der Waals surface area contributed by atoms with E-state index in [4.69, 9.17) is 5.11 Å². The van der Waals surface area contributed by atoms with Crippen LogP contribution in [0.25, 0.3) is 10.9 Å². The molecular formula is C17H25FN4O. The van der Waals surface area contributed by atoms with E-state index in [1.54, 1.807) is 12.1 Å². The number of aliphatic hydroxyl groups excluding tert-OH is 1. The van der Waals surface area contributed by atoms with Crippen LogP contribution in [-0.4, -0.2) is 42.3 Å². The molecule has 0 spiro atoms. The van der Waals surface area contributed by atoms with Crippen molar-refractivity contribution in [2.45, 2.75) is 20.3 Å². The maximum Gasteiger partial charge on any atom is 0.191 e. The quantitative estimate of drug-likeness (QED) is 0.466. The number of aromatic nitrogens is 1. The van der Waals surface area contributed by atoms with Crippen LogP contribution < -0.4 is 10.6 Å². The highest BCUT2D eigenvalue weighted by Crippen LogP contribution is 2.19. The molecule has 2 rings (SSSR count). The number of aliphatic hydroxyl groups is 1. The Morgan fingerprint density at radius 3 is 2.96 bits per heavy atom. The van der Waals surface area contributed by atoms with Gasteiger partial charge in [0.1, 0.15) is 5.82 Å². The van der Waals surface area contributed by atoms with E-state index in [0.29, 0.717) is 13.1 Å². The summed E-state index contributed by atoms with van der Waals surface area (Å²) in [5, 5.41) is 16.4. The molecule has 0 bridgehead atoms. The standard InChI is InChI=1S/C17H25FN4O/c1-3-19-17(22-9-12(2)11-23)20-7-6-13-10-21-16-5-4-14(18)8-15(13)16/h4-5,8,10,12,21,23H,3,6-7,9,11H2,1-2H3,(H2,19,20,22). The molecule has 1 aromatic heterocycles. The smallest absolute Gasteiger partial charge is 0.191 e. The van der Waals surface area contributed by atoms with E-state index in [1.165, 1.54) is 6.07 Å². The predicted molar refractivity (Wildman–Crippen MR) is 92.2 cm³/mol. The summed E-state index contributed by atoms with van der Waals surface area (Å²) in [5.74, 6) is 0.653. The number of guanidine groups is 1. The Kier molecular flexibility index (Phi) is 6.40. The molecule has 4 N–H and O–H groups in total. The minimum absolute atomic E-state index is 0.129. The van der Waals surface area contributed by atoms with Crippen LogP contribution in [0.3, 0.4) is 0 Å². The SMILES string of the molecule is CCNC(=NCC(C)CO)NCCc1c[nH]c2ccc(F)cc12. The Bertz CT molecular complexity index is 653. The van der Waals surface area contributed by atoms with Gasteiger partial charge in [0.25, 0.3) is 0 Å². The van der Waals surface area contributed by atoms with E-state index in [2.05, 4.69) is 20.6 Å². The average molecular weight is 320 g/mol. The Labute approximate surface area is 136 Å². The maximum absolute atomic E-state index is 13.4. The molecule has 126 valence electrons. The molecule has 0 aliphatic carbocycles. The third-order valence-electron chi connectivity index (χ3n) is 3.63. The largest absolute Gasteiger partial charge is 0.396 e. The molecule has 1 aromatic carbocycles. The number of nitrogens with one attached hydrogen (secondary N) is 3. The normalized spacial score (nSPS) is 13.3. The number of aliphatic imine (C=N–C) groups is 1. The number of H-pyrrole nitrogens is 1. The first-order valence-corrected chi connectivity index (χ1v) is 8.02. The summed E-state index contributed by atoms with van der Waals surface area (Å²) in [5.41, 5.74) is 2.02. The molecule has 0 amide bonds. The van der Waals surface area contributed by atoms with Crippen LogP contribution in [0, 0.1) is 11.7 Å². The van der Waals surface area contributed by atoms with Crippen molar-refractivity contribution in [3.8, 4) is 0 Å². The number of nitrogens with zero attached hydrogens (tertiary/aromatic N) is 1. The molecule has 0 saturated heterocycles. The highest BCUT2D eigenvalue weighted by molar-refractivity contribution is 5.83. The van der Waals surface area contributed by atoms with Crippen LogP contribution in [0.15, 0.2) is 29.4 Å². The molecule has 0 aliphatic rings. The minimum Gasteiger partial charge on any atom is -0.396 e. The van der Waals surface area contributed by atoms with Crippen LogP contribution in [0.4, 0.5) is 4.39 Å². The van der Waals surface area contributed by atoms with Crippen molar-refractivity contribution >= 4 is 16.9 Å². The van der Waals surface area contributed by atoms with Crippen molar-refractivity contribution < 1.29 is 9.50 Å². The van der Waals surface area contributed by atoms with E-state index < -0.39 is 0 Å². The minimum atomic E-state index is -0.223. The first-order chi connectivity index (χ1) is 11.1. The Morgan fingerprint density at radius 1 is 1.39 bits per heavy atom. The van der Waals surface area contributed by atoms with Gasteiger partial charge in [-0.3, -0.25) is 4.99 Å². The van der Waals surface area contributed by atoms with Crippen LogP contribution in [0.2, 0.25) is 0 Å². The number of halogens is 1. The molecule has 1 heterocycles. The summed E-state index contributed by atoms with van der Waals surface area (Å²) in [6.07, 6.45) is 2.69. The van der Waals surface area contributed by atoms with Crippen molar-refractivity contribution in [1.29, 1.82) is 0 Å². The van der Waals surface area contributed by atoms with Gasteiger partial charge in [-0.05, 0) is 43.0 Å². The second-order valence-electron chi connectivity index (χ2n) is 5.69. The van der Waals surface area contributed by atoms with Gasteiger partial charge in [-0.15, -0.1) is 0 Å². The topological polar surface area (TPSA) is 72.4 Å². The van der Waals surface area contributed by atoms with E-state index in [-0.39, 0.29) is 18.3 Å². The molecule has 0 aliphatic heterocycles. The number of rotatable bonds is 7. The monoisotopic (exact) mass is 320 g/mol. The second kappa shape index (κ2) is 8.53. The zero-order valence-electron chi connectivity index (χ0n) is 13.7. The van der Waals surface area contributed by atoms with Gasteiger partial charge in [0, 0.05) is 43.3 Å². The number of hydrogen-bond donors (Lipinski definition) is 4. The van der Waals surface area contributed by atoms with E-state index in [9.17, 15) is 4.39 Å². The van der Waals surface area contributed by atoms with Gasteiger partial charge < -0.3 is 20.7 Å². The summed E-state index contributed by atoms with van der Waals surface area (Å²) in [6.45, 7) is 6.14. The molecule has 5 nitrogen and oxygen atoms in total. The number of aromatic amines is 1. The highest BCUT2D eigenvalue weighted by Gasteiger charge is 2.06. The first kappa shape index (κ1) is 17.3. The summed E-state index contributed by atoms with van der Waals surface area (Å²) in [7, 11) is 0. The van der Waals surface area contributed by atoms with Crippen LogP contribution in [0.1, 0.15) is 19.4 Å². The van der Waals surface area contributed by atoms with E-state index in [0.717, 1.165) is 35.4 Å². The van der Waals surface area contributed by atoms with Crippen molar-refractivity contribution in [2.24, 2.45) is 10.9 Å². The van der Waals surface area contributed by atoms with Gasteiger partial charge in [-0.1, -0.05) is 6.92 Å². The zero-order chi connectivity index (χ0) is 16.7.